The Morgan fingerprint density at radius 2 is 1.87 bits per heavy atom. The van der Waals surface area contributed by atoms with Gasteiger partial charge in [0.2, 0.25) is 5.91 Å². The highest BCUT2D eigenvalue weighted by atomic mass is 32.2. The summed E-state index contributed by atoms with van der Waals surface area (Å²) < 4.78 is 29.5. The number of hydrogen-bond donors (Lipinski definition) is 0. The number of nitrogens with zero attached hydrogens (tertiary/aromatic N) is 3. The topological polar surface area (TPSA) is 83.7 Å². The molecule has 0 radical (unpaired) electrons. The first kappa shape index (κ1) is 22.0. The molecule has 0 saturated carbocycles. The molecule has 2 aromatic rings. The number of hydrogen-bond acceptors (Lipinski definition) is 6. The van der Waals surface area contributed by atoms with Gasteiger partial charge in [-0.25, -0.2) is 13.4 Å². The first-order valence-electron chi connectivity index (χ1n) is 11.0. The van der Waals surface area contributed by atoms with Gasteiger partial charge in [0.25, 0.3) is 0 Å². The molecule has 2 saturated heterocycles. The van der Waals surface area contributed by atoms with Gasteiger partial charge in [-0.3, -0.25) is 9.69 Å². The van der Waals surface area contributed by atoms with E-state index >= 15 is 0 Å². The first-order valence-corrected chi connectivity index (χ1v) is 12.8. The van der Waals surface area contributed by atoms with E-state index < -0.39 is 9.84 Å². The molecule has 2 atom stereocenters. The number of amides is 1. The minimum atomic E-state index is -3.01. The molecule has 2 unspecified atom stereocenters. The van der Waals surface area contributed by atoms with Crippen LogP contribution in [-0.2, 0) is 14.6 Å². The van der Waals surface area contributed by atoms with Crippen molar-refractivity contribution in [1.29, 1.82) is 0 Å². The summed E-state index contributed by atoms with van der Waals surface area (Å²) in [6.07, 6.45) is 2.30. The second-order valence-electron chi connectivity index (χ2n) is 8.82. The zero-order valence-electron chi connectivity index (χ0n) is 18.5. The molecular weight excluding hydrogens is 414 g/mol. The molecule has 2 aliphatic rings. The van der Waals surface area contributed by atoms with Gasteiger partial charge >= 0.3 is 0 Å². The number of likely N-dealkylation sites (N-methyl/N-ethyl adjacent to an activating group) is 1. The molecule has 0 bridgehead atoms. The van der Waals surface area contributed by atoms with Gasteiger partial charge in [0.15, 0.2) is 15.7 Å². The third kappa shape index (κ3) is 4.70. The predicted octanol–water partition coefficient (Wildman–Crippen LogP) is 2.86. The molecule has 3 heterocycles. The van der Waals surface area contributed by atoms with Gasteiger partial charge < -0.3 is 9.32 Å². The Hall–Kier alpha value is -2.19. The Bertz CT molecular complexity index is 1030. The van der Waals surface area contributed by atoms with E-state index in [0.29, 0.717) is 6.42 Å². The molecule has 0 aliphatic carbocycles. The Morgan fingerprint density at radius 3 is 2.48 bits per heavy atom. The molecule has 2 fully saturated rings. The number of aryl methyl sites for hydroxylation is 1. The van der Waals surface area contributed by atoms with Crippen LogP contribution in [0.1, 0.15) is 43.8 Å². The van der Waals surface area contributed by atoms with Gasteiger partial charge in [0, 0.05) is 24.6 Å². The van der Waals surface area contributed by atoms with Crippen molar-refractivity contribution < 1.29 is 17.6 Å². The summed E-state index contributed by atoms with van der Waals surface area (Å²) in [4.78, 5) is 21.6. The van der Waals surface area contributed by atoms with Gasteiger partial charge in [0.1, 0.15) is 11.5 Å². The maximum absolute atomic E-state index is 13.0. The van der Waals surface area contributed by atoms with Gasteiger partial charge in [-0.2, -0.15) is 0 Å². The number of aromatic nitrogens is 1. The number of carbonyl (C=O) groups excluding carboxylic acids is 1. The number of likely N-dealkylation sites (tertiary alicyclic amines) is 1. The van der Waals surface area contributed by atoms with Crippen LogP contribution in [-0.4, -0.2) is 72.8 Å². The van der Waals surface area contributed by atoms with E-state index in [1.54, 1.807) is 11.9 Å². The van der Waals surface area contributed by atoms with Crippen LogP contribution < -0.4 is 0 Å². The molecule has 31 heavy (non-hydrogen) atoms. The summed E-state index contributed by atoms with van der Waals surface area (Å²) in [6.45, 7) is 5.45. The van der Waals surface area contributed by atoms with E-state index in [1.807, 2.05) is 44.2 Å². The zero-order valence-corrected chi connectivity index (χ0v) is 19.3. The standard InChI is InChI=1S/C23H31N3O4S/c1-16(23(27)25(3)20-11-14-31(28,29)15-20)26-12-9-19(10-13-26)22-24-21(17(2)30-22)18-7-5-4-6-8-18/h4-8,16,19-20H,9-15H2,1-3H3. The van der Waals surface area contributed by atoms with Crippen LogP contribution >= 0.6 is 0 Å². The van der Waals surface area contributed by atoms with Crippen molar-refractivity contribution in [3.05, 3.63) is 42.0 Å². The van der Waals surface area contributed by atoms with Crippen molar-refractivity contribution in [2.45, 2.75) is 51.1 Å². The SMILES string of the molecule is Cc1oc(C2CCN(C(C)C(=O)N(C)C3CCS(=O)(=O)C3)CC2)nc1-c1ccccc1. The molecule has 7 nitrogen and oxygen atoms in total. The van der Waals surface area contributed by atoms with E-state index in [0.717, 1.165) is 48.8 Å². The number of carbonyl (C=O) groups is 1. The molecule has 2 aliphatic heterocycles. The number of sulfone groups is 1. The fraction of sp³-hybridized carbons (Fsp3) is 0.565. The zero-order chi connectivity index (χ0) is 22.2. The Labute approximate surface area is 184 Å². The summed E-state index contributed by atoms with van der Waals surface area (Å²) in [5.74, 6) is 2.11. The highest BCUT2D eigenvalue weighted by Gasteiger charge is 2.36. The monoisotopic (exact) mass is 445 g/mol. The molecule has 1 aromatic heterocycles. The number of oxazole rings is 1. The minimum absolute atomic E-state index is 0.00104. The lowest BCUT2D eigenvalue weighted by molar-refractivity contribution is -0.137. The molecule has 4 rings (SSSR count). The van der Waals surface area contributed by atoms with Crippen molar-refractivity contribution in [3.63, 3.8) is 0 Å². The lowest BCUT2D eigenvalue weighted by Gasteiger charge is -2.37. The van der Waals surface area contributed by atoms with Crippen LogP contribution in [0, 0.1) is 6.92 Å². The van der Waals surface area contributed by atoms with E-state index in [1.165, 1.54) is 0 Å². The van der Waals surface area contributed by atoms with E-state index in [9.17, 15) is 13.2 Å². The fourth-order valence-corrected chi connectivity index (χ4v) is 6.48. The fourth-order valence-electron chi connectivity index (χ4n) is 4.70. The van der Waals surface area contributed by atoms with Gasteiger partial charge in [-0.1, -0.05) is 30.3 Å². The smallest absolute Gasteiger partial charge is 0.239 e. The third-order valence-corrected chi connectivity index (χ3v) is 8.50. The maximum atomic E-state index is 13.0. The van der Waals surface area contributed by atoms with Crippen LogP contribution in [0.5, 0.6) is 0 Å². The molecule has 1 amide bonds. The van der Waals surface area contributed by atoms with Gasteiger partial charge in [-0.15, -0.1) is 0 Å². The minimum Gasteiger partial charge on any atom is -0.445 e. The molecule has 0 spiro atoms. The van der Waals surface area contributed by atoms with Crippen LogP contribution in [0.2, 0.25) is 0 Å². The average molecular weight is 446 g/mol. The Kier molecular flexibility index (Phi) is 6.21. The van der Waals surface area contributed by atoms with Crippen LogP contribution in [0.3, 0.4) is 0 Å². The quantitative estimate of drug-likeness (QED) is 0.704. The summed E-state index contributed by atoms with van der Waals surface area (Å²) >= 11 is 0. The first-order chi connectivity index (χ1) is 14.7. The highest BCUT2D eigenvalue weighted by Crippen LogP contribution is 2.32. The molecule has 8 heteroatoms. The number of benzene rings is 1. The van der Waals surface area contributed by atoms with Crippen LogP contribution in [0.4, 0.5) is 0 Å². The lowest BCUT2D eigenvalue weighted by Crippen LogP contribution is -2.51. The van der Waals surface area contributed by atoms with Gasteiger partial charge in [0.05, 0.1) is 17.5 Å². The summed E-state index contributed by atoms with van der Waals surface area (Å²) in [6, 6.07) is 9.59. The maximum Gasteiger partial charge on any atom is 0.239 e. The van der Waals surface area contributed by atoms with Crippen molar-refractivity contribution in [2.24, 2.45) is 0 Å². The van der Waals surface area contributed by atoms with Crippen molar-refractivity contribution in [3.8, 4) is 11.3 Å². The molecule has 1 aromatic carbocycles. The predicted molar refractivity (Wildman–Crippen MR) is 120 cm³/mol. The van der Waals surface area contributed by atoms with Crippen molar-refractivity contribution in [2.75, 3.05) is 31.6 Å². The Morgan fingerprint density at radius 1 is 1.19 bits per heavy atom. The largest absolute Gasteiger partial charge is 0.445 e. The number of rotatable bonds is 5. The molecule has 168 valence electrons. The third-order valence-electron chi connectivity index (χ3n) is 6.75. The second kappa shape index (κ2) is 8.74. The Balaban J connectivity index is 1.36. The highest BCUT2D eigenvalue weighted by molar-refractivity contribution is 7.91. The molecular formula is C23H31N3O4S. The molecule has 0 N–H and O–H groups in total. The second-order valence-corrected chi connectivity index (χ2v) is 11.0. The summed E-state index contributed by atoms with van der Waals surface area (Å²) in [7, 11) is -1.28. The van der Waals surface area contributed by atoms with E-state index in [-0.39, 0.29) is 35.4 Å². The average Bonchev–Trinajstić information content (AvgIpc) is 3.35. The van der Waals surface area contributed by atoms with Crippen molar-refractivity contribution in [1.82, 2.24) is 14.8 Å². The number of piperidine rings is 1. The lowest BCUT2D eigenvalue weighted by atomic mass is 9.95. The van der Waals surface area contributed by atoms with E-state index in [4.69, 9.17) is 9.40 Å². The summed E-state index contributed by atoms with van der Waals surface area (Å²) in [5, 5.41) is 0. The summed E-state index contributed by atoms with van der Waals surface area (Å²) in [5.41, 5.74) is 1.96. The van der Waals surface area contributed by atoms with Crippen molar-refractivity contribution >= 4 is 15.7 Å². The van der Waals surface area contributed by atoms with Crippen LogP contribution in [0.25, 0.3) is 11.3 Å². The van der Waals surface area contributed by atoms with Gasteiger partial charge in [-0.05, 0) is 46.2 Å². The normalized spacial score (nSPS) is 23.0. The van der Waals surface area contributed by atoms with E-state index in [2.05, 4.69) is 4.90 Å². The van der Waals surface area contributed by atoms with Crippen LogP contribution in [0.15, 0.2) is 34.7 Å².